The van der Waals surface area contributed by atoms with Crippen LogP contribution >= 0.6 is 11.8 Å². The Balaban J connectivity index is 1.49. The van der Waals surface area contributed by atoms with Gasteiger partial charge in [-0.2, -0.15) is 17.0 Å². The molecule has 0 N–H and O–H groups in total. The van der Waals surface area contributed by atoms with E-state index >= 15 is 0 Å². The van der Waals surface area contributed by atoms with E-state index in [9.17, 15) is 13.2 Å². The monoisotopic (exact) mass is 412 g/mol. The second-order valence-electron chi connectivity index (χ2n) is 7.04. The predicted molar refractivity (Wildman–Crippen MR) is 108 cm³/mol. The maximum Gasteiger partial charge on any atom is 0.282 e. The molecule has 27 heavy (non-hydrogen) atoms. The van der Waals surface area contributed by atoms with Crippen molar-refractivity contribution in [1.29, 1.82) is 0 Å². The smallest absolute Gasteiger partial charge is 0.282 e. The second kappa shape index (κ2) is 8.91. The summed E-state index contributed by atoms with van der Waals surface area (Å²) in [6.45, 7) is 6.28. The highest BCUT2D eigenvalue weighted by molar-refractivity contribution is 8.00. The minimum absolute atomic E-state index is 0.0694. The Labute approximate surface area is 166 Å². The zero-order valence-electron chi connectivity index (χ0n) is 16.0. The lowest BCUT2D eigenvalue weighted by molar-refractivity contribution is -0.129. The van der Waals surface area contributed by atoms with Crippen molar-refractivity contribution >= 4 is 27.9 Å². The largest absolute Gasteiger partial charge is 0.339 e. The molecule has 0 aliphatic carbocycles. The van der Waals surface area contributed by atoms with Gasteiger partial charge in [-0.25, -0.2) is 0 Å². The Morgan fingerprint density at radius 2 is 1.52 bits per heavy atom. The zero-order chi connectivity index (χ0) is 19.4. The van der Waals surface area contributed by atoms with Gasteiger partial charge in [-0.3, -0.25) is 4.79 Å². The number of aryl methyl sites for hydroxylation is 1. The second-order valence-corrected chi connectivity index (χ2v) is 9.99. The molecule has 3 rings (SSSR count). The van der Waals surface area contributed by atoms with Gasteiger partial charge >= 0.3 is 0 Å². The summed E-state index contributed by atoms with van der Waals surface area (Å²) in [5.41, 5.74) is 1.17. The number of carbonyl (C=O) groups excluding carboxylic acids is 1. The number of likely N-dealkylation sites (N-methyl/N-ethyl adjacent to an activating group) is 1. The molecule has 0 radical (unpaired) electrons. The lowest BCUT2D eigenvalue weighted by Crippen LogP contribution is -2.57. The molecular weight excluding hydrogens is 384 g/mol. The van der Waals surface area contributed by atoms with Crippen LogP contribution < -0.4 is 0 Å². The van der Waals surface area contributed by atoms with Crippen LogP contribution in [0.5, 0.6) is 0 Å². The first kappa shape index (κ1) is 20.6. The molecule has 1 aromatic carbocycles. The molecular formula is C18H28N4O3S2. The number of hydrogen-bond donors (Lipinski definition) is 0. The number of amides is 1. The fourth-order valence-electron chi connectivity index (χ4n) is 3.30. The van der Waals surface area contributed by atoms with E-state index in [0.29, 0.717) is 45.0 Å². The van der Waals surface area contributed by atoms with Crippen LogP contribution in [0, 0.1) is 6.92 Å². The van der Waals surface area contributed by atoms with Crippen molar-refractivity contribution in [1.82, 2.24) is 18.4 Å². The highest BCUT2D eigenvalue weighted by atomic mass is 32.2. The Morgan fingerprint density at radius 3 is 2.11 bits per heavy atom. The number of nitrogens with zero attached hydrogens (tertiary/aromatic N) is 4. The van der Waals surface area contributed by atoms with Crippen LogP contribution in [0.1, 0.15) is 5.56 Å². The Hall–Kier alpha value is -1.13. The van der Waals surface area contributed by atoms with Gasteiger partial charge in [0.05, 0.1) is 5.75 Å². The summed E-state index contributed by atoms with van der Waals surface area (Å²) in [6, 6.07) is 8.02. The lowest BCUT2D eigenvalue weighted by Gasteiger charge is -2.39. The normalized spacial score (nSPS) is 20.7. The first-order valence-electron chi connectivity index (χ1n) is 9.28. The van der Waals surface area contributed by atoms with E-state index < -0.39 is 10.2 Å². The van der Waals surface area contributed by atoms with Gasteiger partial charge in [-0.1, -0.05) is 18.2 Å². The third kappa shape index (κ3) is 5.03. The maximum absolute atomic E-state index is 12.8. The highest BCUT2D eigenvalue weighted by Crippen LogP contribution is 2.22. The van der Waals surface area contributed by atoms with Crippen molar-refractivity contribution in [2.75, 3.05) is 65.2 Å². The summed E-state index contributed by atoms with van der Waals surface area (Å²) >= 11 is 1.54. The van der Waals surface area contributed by atoms with E-state index in [-0.39, 0.29) is 5.91 Å². The Bertz CT molecular complexity index is 756. The van der Waals surface area contributed by atoms with Crippen molar-refractivity contribution in [3.8, 4) is 0 Å². The molecule has 2 aliphatic heterocycles. The molecule has 0 spiro atoms. The van der Waals surface area contributed by atoms with E-state index in [4.69, 9.17) is 0 Å². The van der Waals surface area contributed by atoms with Crippen LogP contribution in [0.3, 0.4) is 0 Å². The summed E-state index contributed by atoms with van der Waals surface area (Å²) in [5, 5.41) is 0. The van der Waals surface area contributed by atoms with E-state index in [0.717, 1.165) is 18.0 Å². The van der Waals surface area contributed by atoms with Gasteiger partial charge in [0.15, 0.2) is 0 Å². The first-order valence-corrected chi connectivity index (χ1v) is 11.7. The van der Waals surface area contributed by atoms with Gasteiger partial charge in [0.2, 0.25) is 5.91 Å². The van der Waals surface area contributed by atoms with Crippen molar-refractivity contribution in [3.05, 3.63) is 29.8 Å². The number of thioether (sulfide) groups is 1. The number of hydrogen-bond acceptors (Lipinski definition) is 5. The fraction of sp³-hybridized carbons (Fsp3) is 0.611. The molecule has 2 aliphatic rings. The molecule has 9 heteroatoms. The van der Waals surface area contributed by atoms with Gasteiger partial charge in [-0.05, 0) is 25.6 Å². The van der Waals surface area contributed by atoms with Crippen LogP contribution in [0.25, 0.3) is 0 Å². The quantitative estimate of drug-likeness (QED) is 0.667. The molecule has 2 heterocycles. The summed E-state index contributed by atoms with van der Waals surface area (Å²) in [5.74, 6) is 0.454. The minimum atomic E-state index is -3.42. The third-order valence-electron chi connectivity index (χ3n) is 5.15. The molecule has 2 saturated heterocycles. The SMILES string of the molecule is Cc1ccccc1SCC(=O)N1CCN(S(=O)(=O)N2CCN(C)CC2)CC1. The van der Waals surface area contributed by atoms with Crippen molar-refractivity contribution in [3.63, 3.8) is 0 Å². The Kier molecular flexibility index (Phi) is 6.80. The standard InChI is InChI=1S/C18H28N4O3S2/c1-16-5-3-4-6-17(16)26-15-18(23)20-9-13-22(14-10-20)27(24,25)21-11-7-19(2)8-12-21/h3-6H,7-15H2,1-2H3. The predicted octanol–water partition coefficient (Wildman–Crippen LogP) is 0.724. The molecule has 0 saturated carbocycles. The van der Waals surface area contributed by atoms with Gasteiger partial charge in [0.25, 0.3) is 10.2 Å². The lowest BCUT2D eigenvalue weighted by atomic mass is 10.2. The first-order chi connectivity index (χ1) is 12.9. The molecule has 0 atom stereocenters. The molecule has 0 aromatic heterocycles. The third-order valence-corrected chi connectivity index (χ3v) is 8.35. The van der Waals surface area contributed by atoms with Crippen LogP contribution in [-0.4, -0.2) is 97.9 Å². The van der Waals surface area contributed by atoms with E-state index in [2.05, 4.69) is 4.90 Å². The number of rotatable bonds is 5. The van der Waals surface area contributed by atoms with E-state index in [1.165, 1.54) is 9.87 Å². The van der Waals surface area contributed by atoms with Gasteiger partial charge < -0.3 is 9.80 Å². The molecule has 150 valence electrons. The molecule has 1 aromatic rings. The summed E-state index contributed by atoms with van der Waals surface area (Å²) in [4.78, 5) is 17.5. The number of benzene rings is 1. The maximum atomic E-state index is 12.8. The zero-order valence-corrected chi connectivity index (χ0v) is 17.6. The van der Waals surface area contributed by atoms with Crippen molar-refractivity contribution in [2.45, 2.75) is 11.8 Å². The van der Waals surface area contributed by atoms with Crippen LogP contribution in [0.15, 0.2) is 29.2 Å². The van der Waals surface area contributed by atoms with Gasteiger partial charge in [0.1, 0.15) is 0 Å². The average molecular weight is 413 g/mol. The van der Waals surface area contributed by atoms with Crippen molar-refractivity contribution < 1.29 is 13.2 Å². The number of piperazine rings is 2. The highest BCUT2D eigenvalue weighted by Gasteiger charge is 2.34. The Morgan fingerprint density at radius 1 is 0.963 bits per heavy atom. The topological polar surface area (TPSA) is 64.2 Å². The fourth-order valence-corrected chi connectivity index (χ4v) is 5.81. The molecule has 0 unspecified atom stereocenters. The van der Waals surface area contributed by atoms with Gasteiger partial charge in [0, 0.05) is 57.3 Å². The molecule has 0 bridgehead atoms. The van der Waals surface area contributed by atoms with E-state index in [1.54, 1.807) is 21.0 Å². The van der Waals surface area contributed by atoms with Crippen LogP contribution in [0.4, 0.5) is 0 Å². The van der Waals surface area contributed by atoms with E-state index in [1.807, 2.05) is 38.2 Å². The molecule has 1 amide bonds. The minimum Gasteiger partial charge on any atom is -0.339 e. The summed E-state index contributed by atoms with van der Waals surface area (Å²) in [7, 11) is -1.42. The van der Waals surface area contributed by atoms with Crippen LogP contribution in [-0.2, 0) is 15.0 Å². The van der Waals surface area contributed by atoms with Crippen LogP contribution in [0.2, 0.25) is 0 Å². The number of carbonyl (C=O) groups is 1. The van der Waals surface area contributed by atoms with Gasteiger partial charge in [-0.15, -0.1) is 11.8 Å². The summed E-state index contributed by atoms with van der Waals surface area (Å²) in [6.07, 6.45) is 0. The molecule has 2 fully saturated rings. The average Bonchev–Trinajstić information content (AvgIpc) is 2.67. The molecule has 7 nitrogen and oxygen atoms in total. The van der Waals surface area contributed by atoms with Crippen molar-refractivity contribution in [2.24, 2.45) is 0 Å². The summed E-state index contributed by atoms with van der Waals surface area (Å²) < 4.78 is 28.7.